The minimum absolute atomic E-state index is 0.0381. The maximum atomic E-state index is 12.8. The zero-order valence-electron chi connectivity index (χ0n) is 14.7. The van der Waals surface area contributed by atoms with Gasteiger partial charge in [-0.25, -0.2) is 4.98 Å². The third-order valence-electron chi connectivity index (χ3n) is 4.29. The van der Waals surface area contributed by atoms with Crippen LogP contribution in [0.3, 0.4) is 0 Å². The maximum Gasteiger partial charge on any atom is 0.233 e. The molecule has 1 amide bonds. The van der Waals surface area contributed by atoms with Gasteiger partial charge in [0.05, 0.1) is 26.0 Å². The van der Waals surface area contributed by atoms with Gasteiger partial charge < -0.3 is 14.4 Å². The second-order valence-electron chi connectivity index (χ2n) is 5.90. The molecular weight excluding hydrogens is 356 g/mol. The number of ether oxygens (including phenoxy) is 2. The number of thioether (sulfide) groups is 1. The molecule has 5 nitrogen and oxygen atoms in total. The van der Waals surface area contributed by atoms with E-state index in [1.807, 2.05) is 35.4 Å². The van der Waals surface area contributed by atoms with Crippen molar-refractivity contribution in [2.45, 2.75) is 30.1 Å². The van der Waals surface area contributed by atoms with Crippen LogP contribution in [0.5, 0.6) is 11.5 Å². The number of likely N-dealkylation sites (tertiary alicyclic amines) is 1. The molecule has 2 heterocycles. The highest BCUT2D eigenvalue weighted by atomic mass is 32.2. The molecule has 1 unspecified atom stereocenters. The lowest BCUT2D eigenvalue weighted by Crippen LogP contribution is -2.32. The number of aryl methyl sites for hydroxylation is 1. The van der Waals surface area contributed by atoms with Gasteiger partial charge in [0.15, 0.2) is 4.34 Å². The van der Waals surface area contributed by atoms with Crippen LogP contribution in [0.4, 0.5) is 0 Å². The number of benzene rings is 1. The van der Waals surface area contributed by atoms with Crippen molar-refractivity contribution < 1.29 is 14.3 Å². The fourth-order valence-electron chi connectivity index (χ4n) is 3.09. The Labute approximate surface area is 156 Å². The van der Waals surface area contributed by atoms with Crippen LogP contribution in [0, 0.1) is 6.92 Å². The minimum atomic E-state index is 0.0381. The molecule has 1 saturated heterocycles. The van der Waals surface area contributed by atoms with Crippen LogP contribution in [0.25, 0.3) is 0 Å². The molecule has 3 rings (SSSR count). The van der Waals surface area contributed by atoms with E-state index >= 15 is 0 Å². The van der Waals surface area contributed by atoms with Crippen molar-refractivity contribution in [3.05, 3.63) is 34.8 Å². The van der Waals surface area contributed by atoms with Crippen molar-refractivity contribution in [3.8, 4) is 11.5 Å². The topological polar surface area (TPSA) is 51.7 Å². The molecule has 0 spiro atoms. The highest BCUT2D eigenvalue weighted by molar-refractivity contribution is 8.01. The predicted molar refractivity (Wildman–Crippen MR) is 101 cm³/mol. The molecule has 1 atom stereocenters. The number of nitrogens with zero attached hydrogens (tertiary/aromatic N) is 2. The lowest BCUT2D eigenvalue weighted by atomic mass is 10.0. The molecule has 1 fully saturated rings. The van der Waals surface area contributed by atoms with E-state index in [2.05, 4.69) is 4.98 Å². The van der Waals surface area contributed by atoms with Crippen LogP contribution in [0.2, 0.25) is 0 Å². The summed E-state index contributed by atoms with van der Waals surface area (Å²) in [5.41, 5.74) is 2.02. The zero-order valence-corrected chi connectivity index (χ0v) is 16.3. The van der Waals surface area contributed by atoms with Gasteiger partial charge in [0.2, 0.25) is 5.91 Å². The smallest absolute Gasteiger partial charge is 0.233 e. The monoisotopic (exact) mass is 378 g/mol. The van der Waals surface area contributed by atoms with Gasteiger partial charge in [-0.3, -0.25) is 4.79 Å². The first-order chi connectivity index (χ1) is 12.1. The first kappa shape index (κ1) is 18.1. The average Bonchev–Trinajstić information content (AvgIpc) is 3.28. The number of thiazole rings is 1. The summed E-state index contributed by atoms with van der Waals surface area (Å²) in [6.45, 7) is 2.75. The van der Waals surface area contributed by atoms with Crippen LogP contribution in [-0.4, -0.2) is 42.3 Å². The third kappa shape index (κ3) is 4.10. The van der Waals surface area contributed by atoms with Crippen LogP contribution < -0.4 is 9.47 Å². The standard InChI is InChI=1S/C18H22N2O3S2/c1-12-10-24-18(19-12)25-11-17(21)20-8-4-5-15(20)14-9-13(22-2)6-7-16(14)23-3/h6-7,9-10,15H,4-5,8,11H2,1-3H3. The average molecular weight is 379 g/mol. The Morgan fingerprint density at radius 1 is 1.40 bits per heavy atom. The number of aromatic nitrogens is 1. The summed E-state index contributed by atoms with van der Waals surface area (Å²) >= 11 is 3.10. The second-order valence-corrected chi connectivity index (χ2v) is 7.98. The summed E-state index contributed by atoms with van der Waals surface area (Å²) in [4.78, 5) is 19.1. The quantitative estimate of drug-likeness (QED) is 0.713. The van der Waals surface area contributed by atoms with Gasteiger partial charge in [-0.05, 0) is 38.0 Å². The van der Waals surface area contributed by atoms with Crippen molar-refractivity contribution in [1.29, 1.82) is 0 Å². The summed E-state index contributed by atoms with van der Waals surface area (Å²) in [5.74, 6) is 2.14. The van der Waals surface area contributed by atoms with Gasteiger partial charge in [0.25, 0.3) is 0 Å². The van der Waals surface area contributed by atoms with E-state index in [1.54, 1.807) is 25.6 Å². The zero-order chi connectivity index (χ0) is 17.8. The van der Waals surface area contributed by atoms with E-state index in [-0.39, 0.29) is 11.9 Å². The number of methoxy groups -OCH3 is 2. The van der Waals surface area contributed by atoms with Crippen molar-refractivity contribution in [2.75, 3.05) is 26.5 Å². The van der Waals surface area contributed by atoms with Crippen molar-refractivity contribution >= 4 is 29.0 Å². The van der Waals surface area contributed by atoms with Crippen molar-refractivity contribution in [3.63, 3.8) is 0 Å². The molecule has 0 N–H and O–H groups in total. The SMILES string of the molecule is COc1ccc(OC)c(C2CCCN2C(=O)CSc2nc(C)cs2)c1. The van der Waals surface area contributed by atoms with Crippen molar-refractivity contribution in [2.24, 2.45) is 0 Å². The lowest BCUT2D eigenvalue weighted by molar-refractivity contribution is -0.129. The minimum Gasteiger partial charge on any atom is -0.497 e. The Hall–Kier alpha value is -1.73. The molecule has 1 aliphatic heterocycles. The molecule has 7 heteroatoms. The van der Waals surface area contributed by atoms with Gasteiger partial charge in [-0.1, -0.05) is 11.8 Å². The maximum absolute atomic E-state index is 12.8. The Morgan fingerprint density at radius 3 is 2.92 bits per heavy atom. The molecule has 0 aliphatic carbocycles. The van der Waals surface area contributed by atoms with E-state index in [4.69, 9.17) is 9.47 Å². The molecule has 134 valence electrons. The number of rotatable bonds is 6. The van der Waals surface area contributed by atoms with Crippen molar-refractivity contribution in [1.82, 2.24) is 9.88 Å². The van der Waals surface area contributed by atoms with E-state index in [1.165, 1.54) is 11.8 Å². The summed E-state index contributed by atoms with van der Waals surface area (Å²) in [5, 5.41) is 2.01. The summed E-state index contributed by atoms with van der Waals surface area (Å²) in [6, 6.07) is 5.80. The summed E-state index contributed by atoms with van der Waals surface area (Å²) < 4.78 is 11.8. The normalized spacial score (nSPS) is 16.9. The first-order valence-electron chi connectivity index (χ1n) is 8.18. The Balaban J connectivity index is 1.74. The third-order valence-corrected chi connectivity index (χ3v) is 6.41. The largest absolute Gasteiger partial charge is 0.497 e. The number of hydrogen-bond donors (Lipinski definition) is 0. The fourth-order valence-corrected chi connectivity index (χ4v) is 4.83. The van der Waals surface area contributed by atoms with E-state index in [9.17, 15) is 4.79 Å². The lowest BCUT2D eigenvalue weighted by Gasteiger charge is -2.26. The fraction of sp³-hybridized carbons (Fsp3) is 0.444. The molecule has 1 aromatic heterocycles. The Bertz CT molecular complexity index is 748. The molecule has 1 aliphatic rings. The summed E-state index contributed by atoms with van der Waals surface area (Å²) in [6.07, 6.45) is 1.94. The van der Waals surface area contributed by atoms with Crippen LogP contribution >= 0.6 is 23.1 Å². The molecule has 1 aromatic carbocycles. The van der Waals surface area contributed by atoms with E-state index < -0.39 is 0 Å². The predicted octanol–water partition coefficient (Wildman–Crippen LogP) is 3.92. The van der Waals surface area contributed by atoms with Gasteiger partial charge in [-0.2, -0.15) is 0 Å². The molecule has 25 heavy (non-hydrogen) atoms. The highest BCUT2D eigenvalue weighted by Gasteiger charge is 2.32. The number of hydrogen-bond acceptors (Lipinski definition) is 6. The summed E-state index contributed by atoms with van der Waals surface area (Å²) in [7, 11) is 3.31. The number of carbonyl (C=O) groups is 1. The van der Waals surface area contributed by atoms with Gasteiger partial charge in [-0.15, -0.1) is 11.3 Å². The van der Waals surface area contributed by atoms with Crippen LogP contribution in [0.1, 0.15) is 30.1 Å². The second kappa shape index (κ2) is 8.10. The van der Waals surface area contributed by atoms with E-state index in [0.29, 0.717) is 5.75 Å². The molecular formula is C18H22N2O3S2. The Kier molecular flexibility index (Phi) is 5.86. The molecule has 0 bridgehead atoms. The van der Waals surface area contributed by atoms with Crippen LogP contribution in [-0.2, 0) is 4.79 Å². The number of carbonyl (C=O) groups excluding carboxylic acids is 1. The molecule has 2 aromatic rings. The van der Waals surface area contributed by atoms with Gasteiger partial charge in [0, 0.05) is 23.2 Å². The van der Waals surface area contributed by atoms with Gasteiger partial charge >= 0.3 is 0 Å². The molecule has 0 radical (unpaired) electrons. The first-order valence-corrected chi connectivity index (χ1v) is 10.0. The number of amides is 1. The van der Waals surface area contributed by atoms with E-state index in [0.717, 1.165) is 46.5 Å². The molecule has 0 saturated carbocycles. The highest BCUT2D eigenvalue weighted by Crippen LogP contribution is 2.39. The van der Waals surface area contributed by atoms with Crippen LogP contribution in [0.15, 0.2) is 27.9 Å². The Morgan fingerprint density at radius 2 is 2.24 bits per heavy atom. The van der Waals surface area contributed by atoms with Gasteiger partial charge in [0.1, 0.15) is 11.5 Å².